The van der Waals surface area contributed by atoms with E-state index < -0.39 is 11.4 Å². The molecule has 1 aliphatic heterocycles. The Morgan fingerprint density at radius 1 is 1.47 bits per heavy atom. The minimum absolute atomic E-state index is 0.592. The Morgan fingerprint density at radius 3 is 2.63 bits per heavy atom. The summed E-state index contributed by atoms with van der Waals surface area (Å²) in [5.74, 6) is 0.0334. The molecular weight excluding hydrogens is 242 g/mol. The number of nitrogens with zero attached hydrogens (tertiary/aromatic N) is 3. The maximum Gasteiger partial charge on any atom is 0.309 e. The van der Waals surface area contributed by atoms with Crippen molar-refractivity contribution in [3.8, 4) is 6.07 Å². The van der Waals surface area contributed by atoms with Gasteiger partial charge in [0.05, 0.1) is 17.0 Å². The van der Waals surface area contributed by atoms with Crippen LogP contribution in [0.2, 0.25) is 0 Å². The van der Waals surface area contributed by atoms with Crippen molar-refractivity contribution in [3.05, 3.63) is 23.4 Å². The van der Waals surface area contributed by atoms with Gasteiger partial charge in [0.1, 0.15) is 5.82 Å². The second-order valence-corrected chi connectivity index (χ2v) is 5.32. The van der Waals surface area contributed by atoms with Crippen molar-refractivity contribution < 1.29 is 9.90 Å². The topological polar surface area (TPSA) is 77.2 Å². The largest absolute Gasteiger partial charge is 0.481 e. The van der Waals surface area contributed by atoms with E-state index in [1.165, 1.54) is 0 Å². The van der Waals surface area contributed by atoms with Gasteiger partial charge in [0, 0.05) is 18.8 Å². The van der Waals surface area contributed by atoms with E-state index in [1.807, 2.05) is 6.92 Å². The second kappa shape index (κ2) is 4.88. The first-order valence-corrected chi connectivity index (χ1v) is 6.32. The average molecular weight is 259 g/mol. The van der Waals surface area contributed by atoms with Crippen LogP contribution in [0.5, 0.6) is 0 Å². The molecule has 1 aromatic heterocycles. The number of aliphatic carboxylic acids is 1. The highest BCUT2D eigenvalue weighted by Crippen LogP contribution is 2.32. The van der Waals surface area contributed by atoms with E-state index in [4.69, 9.17) is 5.26 Å². The first-order valence-electron chi connectivity index (χ1n) is 6.32. The summed E-state index contributed by atoms with van der Waals surface area (Å²) in [4.78, 5) is 17.7. The molecule has 2 heterocycles. The molecule has 0 atom stereocenters. The standard InChI is InChI=1S/C14H17N3O2/c1-10-7-11(9-15)8-12(16-10)17-5-3-14(2,4-6-17)13(18)19/h7-8H,3-6H2,1-2H3,(H,18,19). The van der Waals surface area contributed by atoms with Crippen molar-refractivity contribution in [1.82, 2.24) is 4.98 Å². The van der Waals surface area contributed by atoms with Crippen molar-refractivity contribution in [1.29, 1.82) is 5.26 Å². The Kier molecular flexibility index (Phi) is 3.43. The zero-order valence-electron chi connectivity index (χ0n) is 11.2. The van der Waals surface area contributed by atoms with Gasteiger partial charge < -0.3 is 10.0 Å². The maximum atomic E-state index is 11.2. The molecule has 1 fully saturated rings. The third-order valence-corrected chi connectivity index (χ3v) is 3.78. The molecule has 0 saturated carbocycles. The van der Waals surface area contributed by atoms with Gasteiger partial charge in [-0.1, -0.05) is 0 Å². The Labute approximate surface area is 112 Å². The van der Waals surface area contributed by atoms with Gasteiger partial charge in [0.2, 0.25) is 0 Å². The van der Waals surface area contributed by atoms with Crippen molar-refractivity contribution >= 4 is 11.8 Å². The first kappa shape index (κ1) is 13.3. The van der Waals surface area contributed by atoms with Crippen LogP contribution in [0, 0.1) is 23.7 Å². The molecule has 19 heavy (non-hydrogen) atoms. The van der Waals surface area contributed by atoms with E-state index >= 15 is 0 Å². The fraction of sp³-hybridized carbons (Fsp3) is 0.500. The number of pyridine rings is 1. The van der Waals surface area contributed by atoms with Gasteiger partial charge in [-0.25, -0.2) is 4.98 Å². The number of nitriles is 1. The zero-order valence-corrected chi connectivity index (χ0v) is 11.2. The number of carboxylic acid groups (broad SMARTS) is 1. The van der Waals surface area contributed by atoms with Crippen molar-refractivity contribution in [3.63, 3.8) is 0 Å². The molecule has 2 rings (SSSR count). The fourth-order valence-electron chi connectivity index (χ4n) is 2.32. The molecule has 0 unspecified atom stereocenters. The van der Waals surface area contributed by atoms with Gasteiger partial charge in [0.15, 0.2) is 0 Å². The minimum atomic E-state index is -0.734. The van der Waals surface area contributed by atoms with Crippen LogP contribution < -0.4 is 4.90 Å². The summed E-state index contributed by atoms with van der Waals surface area (Å²) in [6.45, 7) is 4.96. The molecule has 1 N–H and O–H groups in total. The predicted molar refractivity (Wildman–Crippen MR) is 70.9 cm³/mol. The first-order chi connectivity index (χ1) is 8.94. The lowest BCUT2D eigenvalue weighted by Gasteiger charge is -2.37. The molecular formula is C14H17N3O2. The van der Waals surface area contributed by atoms with E-state index in [9.17, 15) is 9.90 Å². The molecule has 100 valence electrons. The SMILES string of the molecule is Cc1cc(C#N)cc(N2CCC(C)(C(=O)O)CC2)n1. The van der Waals surface area contributed by atoms with Crippen LogP contribution in [0.4, 0.5) is 5.82 Å². The molecule has 5 heteroatoms. The lowest BCUT2D eigenvalue weighted by molar-refractivity contribution is -0.149. The van der Waals surface area contributed by atoms with Gasteiger partial charge in [-0.3, -0.25) is 4.79 Å². The number of hydrogen-bond donors (Lipinski definition) is 1. The Bertz CT molecular complexity index is 540. The van der Waals surface area contributed by atoms with Gasteiger partial charge >= 0.3 is 5.97 Å². The quantitative estimate of drug-likeness (QED) is 0.878. The monoisotopic (exact) mass is 259 g/mol. The Hall–Kier alpha value is -2.09. The summed E-state index contributed by atoms with van der Waals surface area (Å²) in [5, 5.41) is 18.2. The number of hydrogen-bond acceptors (Lipinski definition) is 4. The van der Waals surface area contributed by atoms with E-state index in [1.54, 1.807) is 19.1 Å². The molecule has 0 bridgehead atoms. The third kappa shape index (κ3) is 2.68. The number of carbonyl (C=O) groups is 1. The van der Waals surface area contributed by atoms with Crippen molar-refractivity contribution in [2.45, 2.75) is 26.7 Å². The minimum Gasteiger partial charge on any atom is -0.481 e. The van der Waals surface area contributed by atoms with Gasteiger partial charge in [-0.2, -0.15) is 5.26 Å². The maximum absolute atomic E-state index is 11.2. The van der Waals surface area contributed by atoms with Crippen LogP contribution in [-0.2, 0) is 4.79 Å². The number of rotatable bonds is 2. The Balaban J connectivity index is 2.16. The smallest absolute Gasteiger partial charge is 0.309 e. The summed E-state index contributed by atoms with van der Waals surface area (Å²) in [6, 6.07) is 5.63. The van der Waals surface area contributed by atoms with E-state index in [0.717, 1.165) is 11.5 Å². The normalized spacial score (nSPS) is 17.8. The summed E-state index contributed by atoms with van der Waals surface area (Å²) < 4.78 is 0. The van der Waals surface area contributed by atoms with Crippen LogP contribution in [0.15, 0.2) is 12.1 Å². The van der Waals surface area contributed by atoms with E-state index in [-0.39, 0.29) is 0 Å². The highest BCUT2D eigenvalue weighted by molar-refractivity contribution is 5.74. The van der Waals surface area contributed by atoms with Crippen LogP contribution in [0.1, 0.15) is 31.0 Å². The van der Waals surface area contributed by atoms with Crippen molar-refractivity contribution in [2.24, 2.45) is 5.41 Å². The number of aryl methyl sites for hydroxylation is 1. The molecule has 1 aliphatic rings. The van der Waals surface area contributed by atoms with E-state index in [0.29, 0.717) is 31.5 Å². The summed E-state index contributed by atoms with van der Waals surface area (Å²) in [5.41, 5.74) is 0.757. The average Bonchev–Trinajstić information content (AvgIpc) is 2.38. The molecule has 1 saturated heterocycles. The lowest BCUT2D eigenvalue weighted by atomic mass is 9.80. The number of piperidine rings is 1. The molecule has 1 aromatic rings. The van der Waals surface area contributed by atoms with Crippen LogP contribution in [0.3, 0.4) is 0 Å². The van der Waals surface area contributed by atoms with Gasteiger partial charge in [0.25, 0.3) is 0 Å². The number of anilines is 1. The van der Waals surface area contributed by atoms with Gasteiger partial charge in [-0.05, 0) is 38.8 Å². The van der Waals surface area contributed by atoms with Gasteiger partial charge in [-0.15, -0.1) is 0 Å². The zero-order chi connectivity index (χ0) is 14.0. The Morgan fingerprint density at radius 2 is 2.11 bits per heavy atom. The molecule has 0 amide bonds. The molecule has 5 nitrogen and oxygen atoms in total. The third-order valence-electron chi connectivity index (χ3n) is 3.78. The van der Waals surface area contributed by atoms with Crippen LogP contribution in [-0.4, -0.2) is 29.1 Å². The summed E-state index contributed by atoms with van der Waals surface area (Å²) in [7, 11) is 0. The molecule has 0 spiro atoms. The number of aromatic nitrogens is 1. The number of carboxylic acids is 1. The molecule has 0 aliphatic carbocycles. The van der Waals surface area contributed by atoms with Crippen molar-refractivity contribution in [2.75, 3.05) is 18.0 Å². The summed E-state index contributed by atoms with van der Waals surface area (Å²) in [6.07, 6.45) is 1.19. The van der Waals surface area contributed by atoms with Crippen LogP contribution in [0.25, 0.3) is 0 Å². The molecule has 0 radical (unpaired) electrons. The van der Waals surface area contributed by atoms with E-state index in [2.05, 4.69) is 16.0 Å². The second-order valence-electron chi connectivity index (χ2n) is 5.32. The fourth-order valence-corrected chi connectivity index (χ4v) is 2.32. The molecule has 0 aromatic carbocycles. The van der Waals surface area contributed by atoms with Crippen LogP contribution >= 0.6 is 0 Å². The summed E-state index contributed by atoms with van der Waals surface area (Å²) >= 11 is 0. The highest BCUT2D eigenvalue weighted by Gasteiger charge is 2.37. The highest BCUT2D eigenvalue weighted by atomic mass is 16.4. The predicted octanol–water partition coefficient (Wildman–Crippen LogP) is 1.95. The lowest BCUT2D eigenvalue weighted by Crippen LogP contribution is -2.43.